The highest BCUT2D eigenvalue weighted by Gasteiger charge is 2.33. The zero-order valence-corrected chi connectivity index (χ0v) is 16.5. The predicted octanol–water partition coefficient (Wildman–Crippen LogP) is 3.53. The molecule has 0 aromatic heterocycles. The SMILES string of the molecule is CC(c1cc(N2CCC([N+](C)(C)C)C2)ccc1N)[Si](C)(C)C. The van der Waals surface area contributed by atoms with Crippen LogP contribution in [0.4, 0.5) is 11.4 Å². The Labute approximate surface area is 137 Å². The summed E-state index contributed by atoms with van der Waals surface area (Å²) >= 11 is 0. The Bertz CT molecular complexity index is 528. The van der Waals surface area contributed by atoms with Gasteiger partial charge in [-0.1, -0.05) is 26.6 Å². The highest BCUT2D eigenvalue weighted by atomic mass is 28.3. The summed E-state index contributed by atoms with van der Waals surface area (Å²) in [6, 6.07) is 7.39. The first-order chi connectivity index (χ1) is 10.00. The minimum absolute atomic E-state index is 0.587. The minimum Gasteiger partial charge on any atom is -0.399 e. The lowest BCUT2D eigenvalue weighted by atomic mass is 10.1. The molecule has 0 saturated carbocycles. The van der Waals surface area contributed by atoms with Crippen LogP contribution < -0.4 is 10.6 Å². The number of anilines is 2. The van der Waals surface area contributed by atoms with E-state index in [-0.39, 0.29) is 0 Å². The topological polar surface area (TPSA) is 29.3 Å². The second kappa shape index (κ2) is 5.89. The van der Waals surface area contributed by atoms with E-state index in [4.69, 9.17) is 5.73 Å². The molecule has 4 heteroatoms. The molecule has 0 spiro atoms. The van der Waals surface area contributed by atoms with Crippen molar-refractivity contribution < 1.29 is 4.48 Å². The fraction of sp³-hybridized carbons (Fsp3) is 0.667. The van der Waals surface area contributed by atoms with Gasteiger partial charge in [-0.15, -0.1) is 0 Å². The third-order valence-corrected chi connectivity index (χ3v) is 8.37. The van der Waals surface area contributed by atoms with E-state index in [1.807, 2.05) is 0 Å². The highest BCUT2D eigenvalue weighted by Crippen LogP contribution is 2.34. The van der Waals surface area contributed by atoms with Crippen LogP contribution >= 0.6 is 0 Å². The van der Waals surface area contributed by atoms with Crippen molar-refractivity contribution in [3.8, 4) is 0 Å². The van der Waals surface area contributed by atoms with Gasteiger partial charge in [0.2, 0.25) is 0 Å². The molecule has 22 heavy (non-hydrogen) atoms. The monoisotopic (exact) mass is 320 g/mol. The van der Waals surface area contributed by atoms with Gasteiger partial charge < -0.3 is 15.1 Å². The number of nitrogens with zero attached hydrogens (tertiary/aromatic N) is 2. The van der Waals surface area contributed by atoms with Crippen LogP contribution in [0.15, 0.2) is 18.2 Å². The number of nitrogens with two attached hydrogens (primary N) is 1. The molecule has 1 heterocycles. The van der Waals surface area contributed by atoms with Crippen molar-refractivity contribution in [2.45, 2.75) is 44.6 Å². The van der Waals surface area contributed by atoms with Crippen LogP contribution in [0.3, 0.4) is 0 Å². The van der Waals surface area contributed by atoms with E-state index in [1.165, 1.54) is 17.7 Å². The van der Waals surface area contributed by atoms with Crippen molar-refractivity contribution in [1.29, 1.82) is 0 Å². The third kappa shape index (κ3) is 3.66. The second-order valence-corrected chi connectivity index (χ2v) is 14.5. The summed E-state index contributed by atoms with van der Waals surface area (Å²) < 4.78 is 1.05. The van der Waals surface area contributed by atoms with Crippen molar-refractivity contribution in [2.75, 3.05) is 44.9 Å². The standard InChI is InChI=1S/C18H34N3Si/c1-14(22(5,6)7)17-12-15(8-9-18(17)19)20-11-10-16(13-20)21(2,3)4/h8-9,12,14,16H,10-11,13,19H2,1-7H3/q+1. The van der Waals surface area contributed by atoms with E-state index in [0.29, 0.717) is 5.54 Å². The average Bonchev–Trinajstić information content (AvgIpc) is 2.87. The van der Waals surface area contributed by atoms with Crippen LogP contribution in [-0.2, 0) is 0 Å². The fourth-order valence-corrected chi connectivity index (χ4v) is 4.39. The molecule has 1 saturated heterocycles. The van der Waals surface area contributed by atoms with Crippen LogP contribution in [-0.4, -0.2) is 52.8 Å². The van der Waals surface area contributed by atoms with Gasteiger partial charge in [-0.2, -0.15) is 0 Å². The first-order valence-corrected chi connectivity index (χ1v) is 12.0. The van der Waals surface area contributed by atoms with Crippen molar-refractivity contribution in [3.05, 3.63) is 23.8 Å². The molecule has 0 radical (unpaired) electrons. The predicted molar refractivity (Wildman–Crippen MR) is 101 cm³/mol. The summed E-state index contributed by atoms with van der Waals surface area (Å²) in [5, 5.41) is 0. The molecule has 0 bridgehead atoms. The molecule has 0 aliphatic carbocycles. The van der Waals surface area contributed by atoms with Gasteiger partial charge in [0.25, 0.3) is 0 Å². The van der Waals surface area contributed by atoms with Crippen LogP contribution in [0.25, 0.3) is 0 Å². The van der Waals surface area contributed by atoms with E-state index < -0.39 is 8.07 Å². The smallest absolute Gasteiger partial charge is 0.108 e. The largest absolute Gasteiger partial charge is 0.399 e. The molecule has 1 aromatic rings. The molecule has 1 aliphatic rings. The number of nitrogen functional groups attached to an aromatic ring is 1. The van der Waals surface area contributed by atoms with Crippen molar-refractivity contribution in [3.63, 3.8) is 0 Å². The summed E-state index contributed by atoms with van der Waals surface area (Å²) in [4.78, 5) is 2.54. The van der Waals surface area contributed by atoms with E-state index in [1.54, 1.807) is 0 Å². The summed E-state index contributed by atoms with van der Waals surface area (Å²) in [7, 11) is 5.66. The van der Waals surface area contributed by atoms with Gasteiger partial charge in [-0.3, -0.25) is 0 Å². The number of rotatable bonds is 4. The Hall–Kier alpha value is -1.00. The maximum Gasteiger partial charge on any atom is 0.108 e. The van der Waals surface area contributed by atoms with Gasteiger partial charge in [-0.25, -0.2) is 0 Å². The Morgan fingerprint density at radius 3 is 2.36 bits per heavy atom. The summed E-state index contributed by atoms with van der Waals surface area (Å²) in [6.45, 7) is 11.9. The lowest BCUT2D eigenvalue weighted by Crippen LogP contribution is -2.46. The first kappa shape index (κ1) is 17.4. The summed E-state index contributed by atoms with van der Waals surface area (Å²) in [6.07, 6.45) is 1.27. The quantitative estimate of drug-likeness (QED) is 0.522. The Kier molecular flexibility index (Phi) is 4.65. The molecule has 1 aliphatic heterocycles. The van der Waals surface area contributed by atoms with Crippen LogP contribution in [0, 0.1) is 0 Å². The number of likely N-dealkylation sites (N-methyl/N-ethyl adjacent to an activating group) is 1. The normalized spacial score (nSPS) is 21.2. The van der Waals surface area contributed by atoms with E-state index in [2.05, 4.69) is 70.8 Å². The van der Waals surface area contributed by atoms with Crippen molar-refractivity contribution in [2.24, 2.45) is 0 Å². The Morgan fingerprint density at radius 1 is 1.23 bits per heavy atom. The summed E-state index contributed by atoms with van der Waals surface area (Å²) in [5.41, 5.74) is 10.5. The number of hydrogen-bond acceptors (Lipinski definition) is 2. The lowest BCUT2D eigenvalue weighted by molar-refractivity contribution is -0.893. The molecule has 2 atom stereocenters. The molecule has 1 fully saturated rings. The third-order valence-electron chi connectivity index (χ3n) is 5.46. The van der Waals surface area contributed by atoms with Crippen LogP contribution in [0.2, 0.25) is 19.6 Å². The Balaban J connectivity index is 2.24. The molecule has 3 nitrogen and oxygen atoms in total. The lowest BCUT2D eigenvalue weighted by Gasteiger charge is -2.32. The van der Waals surface area contributed by atoms with Gasteiger partial charge in [0.15, 0.2) is 0 Å². The van der Waals surface area contributed by atoms with Crippen molar-refractivity contribution in [1.82, 2.24) is 0 Å². The first-order valence-electron chi connectivity index (χ1n) is 8.45. The van der Waals surface area contributed by atoms with Gasteiger partial charge in [0.05, 0.1) is 35.8 Å². The number of benzene rings is 1. The molecule has 124 valence electrons. The highest BCUT2D eigenvalue weighted by molar-refractivity contribution is 6.77. The molecular weight excluding hydrogens is 286 g/mol. The molecular formula is C18H34N3Si+. The van der Waals surface area contributed by atoms with Gasteiger partial charge >= 0.3 is 0 Å². The van der Waals surface area contributed by atoms with E-state index in [0.717, 1.165) is 29.3 Å². The van der Waals surface area contributed by atoms with Crippen LogP contribution in [0.5, 0.6) is 0 Å². The number of quaternary nitrogens is 1. The van der Waals surface area contributed by atoms with Crippen molar-refractivity contribution >= 4 is 19.4 Å². The molecule has 1 aromatic carbocycles. The van der Waals surface area contributed by atoms with Crippen LogP contribution in [0.1, 0.15) is 24.4 Å². The zero-order valence-electron chi connectivity index (χ0n) is 15.5. The van der Waals surface area contributed by atoms with E-state index in [9.17, 15) is 0 Å². The second-order valence-electron chi connectivity index (χ2n) is 8.91. The van der Waals surface area contributed by atoms with E-state index >= 15 is 0 Å². The van der Waals surface area contributed by atoms with Gasteiger partial charge in [-0.05, 0) is 29.3 Å². The molecule has 0 amide bonds. The minimum atomic E-state index is -1.24. The Morgan fingerprint density at radius 2 is 1.86 bits per heavy atom. The number of hydrogen-bond donors (Lipinski definition) is 1. The molecule has 2 rings (SSSR count). The maximum atomic E-state index is 6.28. The fourth-order valence-electron chi connectivity index (χ4n) is 3.21. The zero-order chi connectivity index (χ0) is 16.7. The molecule has 2 unspecified atom stereocenters. The van der Waals surface area contributed by atoms with Gasteiger partial charge in [0.1, 0.15) is 6.04 Å². The summed E-state index contributed by atoms with van der Waals surface area (Å²) in [5.74, 6) is 0. The molecule has 2 N–H and O–H groups in total. The maximum absolute atomic E-state index is 6.28. The average molecular weight is 321 g/mol. The van der Waals surface area contributed by atoms with Gasteiger partial charge in [0, 0.05) is 24.3 Å².